The maximum absolute atomic E-state index is 11.7. The Hall–Kier alpha value is -0.690. The van der Waals surface area contributed by atoms with Crippen LogP contribution in [0.1, 0.15) is 19.8 Å². The topological polar surface area (TPSA) is 62.8 Å². The molecule has 2 aliphatic heterocycles. The van der Waals surface area contributed by atoms with E-state index in [1.165, 1.54) is 19.4 Å². The third-order valence-electron chi connectivity index (χ3n) is 3.94. The van der Waals surface area contributed by atoms with Crippen molar-refractivity contribution in [3.05, 3.63) is 0 Å². The SMILES string of the molecule is COCC(C)NC(=O)CNCC1CN2CCCC2CO1. The number of rotatable bonds is 7. The van der Waals surface area contributed by atoms with E-state index in [2.05, 4.69) is 15.5 Å². The fourth-order valence-electron chi connectivity index (χ4n) is 2.97. The molecule has 6 nitrogen and oxygen atoms in total. The molecule has 2 fully saturated rings. The minimum atomic E-state index is 0.00408. The van der Waals surface area contributed by atoms with Crippen molar-refractivity contribution in [1.29, 1.82) is 0 Å². The first kappa shape index (κ1) is 15.7. The van der Waals surface area contributed by atoms with Crippen LogP contribution in [0.3, 0.4) is 0 Å². The number of ether oxygens (including phenoxy) is 2. The summed E-state index contributed by atoms with van der Waals surface area (Å²) < 4.78 is 10.8. The molecular weight excluding hydrogens is 258 g/mol. The monoisotopic (exact) mass is 285 g/mol. The van der Waals surface area contributed by atoms with Gasteiger partial charge in [-0.2, -0.15) is 0 Å². The van der Waals surface area contributed by atoms with Crippen LogP contribution in [-0.4, -0.2) is 75.5 Å². The van der Waals surface area contributed by atoms with Crippen molar-refractivity contribution in [2.24, 2.45) is 0 Å². The molecule has 0 bridgehead atoms. The Labute approximate surface area is 121 Å². The quantitative estimate of drug-likeness (QED) is 0.666. The summed E-state index contributed by atoms with van der Waals surface area (Å²) in [4.78, 5) is 14.2. The average molecular weight is 285 g/mol. The van der Waals surface area contributed by atoms with Crippen LogP contribution in [0.25, 0.3) is 0 Å². The van der Waals surface area contributed by atoms with Crippen LogP contribution in [0.2, 0.25) is 0 Å². The van der Waals surface area contributed by atoms with Crippen LogP contribution in [0, 0.1) is 0 Å². The molecule has 1 amide bonds. The Balaban J connectivity index is 1.57. The number of fused-ring (bicyclic) bond motifs is 1. The van der Waals surface area contributed by atoms with Gasteiger partial charge in [0.1, 0.15) is 0 Å². The van der Waals surface area contributed by atoms with Gasteiger partial charge >= 0.3 is 0 Å². The van der Waals surface area contributed by atoms with E-state index in [0.717, 1.165) is 19.7 Å². The molecule has 6 heteroatoms. The molecule has 0 radical (unpaired) electrons. The predicted octanol–water partition coefficient (Wildman–Crippen LogP) is -0.410. The number of nitrogens with zero attached hydrogens (tertiary/aromatic N) is 1. The number of amides is 1. The van der Waals surface area contributed by atoms with Gasteiger partial charge in [-0.1, -0.05) is 0 Å². The molecular formula is C14H27N3O3. The molecule has 0 aromatic carbocycles. The second-order valence-electron chi connectivity index (χ2n) is 5.80. The lowest BCUT2D eigenvalue weighted by Gasteiger charge is -2.35. The van der Waals surface area contributed by atoms with Crippen molar-refractivity contribution in [1.82, 2.24) is 15.5 Å². The Morgan fingerprint density at radius 1 is 1.55 bits per heavy atom. The lowest BCUT2D eigenvalue weighted by Crippen LogP contribution is -2.50. The zero-order chi connectivity index (χ0) is 14.4. The summed E-state index contributed by atoms with van der Waals surface area (Å²) in [7, 11) is 1.63. The highest BCUT2D eigenvalue weighted by molar-refractivity contribution is 5.78. The van der Waals surface area contributed by atoms with Crippen LogP contribution >= 0.6 is 0 Å². The molecule has 2 aliphatic rings. The van der Waals surface area contributed by atoms with Gasteiger partial charge < -0.3 is 20.1 Å². The number of methoxy groups -OCH3 is 1. The summed E-state index contributed by atoms with van der Waals surface area (Å²) in [5.41, 5.74) is 0. The van der Waals surface area contributed by atoms with Crippen LogP contribution < -0.4 is 10.6 Å². The summed E-state index contributed by atoms with van der Waals surface area (Å²) >= 11 is 0. The van der Waals surface area contributed by atoms with Crippen LogP contribution in [0.4, 0.5) is 0 Å². The second-order valence-corrected chi connectivity index (χ2v) is 5.80. The van der Waals surface area contributed by atoms with Crippen LogP contribution in [-0.2, 0) is 14.3 Å². The Morgan fingerprint density at radius 3 is 3.20 bits per heavy atom. The molecule has 0 aliphatic carbocycles. The third-order valence-corrected chi connectivity index (χ3v) is 3.94. The number of nitrogens with one attached hydrogen (secondary N) is 2. The molecule has 0 spiro atoms. The van der Waals surface area contributed by atoms with E-state index in [-0.39, 0.29) is 18.1 Å². The molecule has 3 unspecified atom stereocenters. The van der Waals surface area contributed by atoms with E-state index in [0.29, 0.717) is 19.2 Å². The smallest absolute Gasteiger partial charge is 0.234 e. The maximum atomic E-state index is 11.7. The van der Waals surface area contributed by atoms with Crippen molar-refractivity contribution in [3.63, 3.8) is 0 Å². The highest BCUT2D eigenvalue weighted by atomic mass is 16.5. The fraction of sp³-hybridized carbons (Fsp3) is 0.929. The van der Waals surface area contributed by atoms with E-state index in [9.17, 15) is 4.79 Å². The number of morpholine rings is 1. The van der Waals surface area contributed by atoms with E-state index in [1.54, 1.807) is 7.11 Å². The van der Waals surface area contributed by atoms with Crippen molar-refractivity contribution in [2.75, 3.05) is 46.5 Å². The van der Waals surface area contributed by atoms with E-state index in [4.69, 9.17) is 9.47 Å². The Bertz CT molecular complexity index is 314. The third kappa shape index (κ3) is 4.70. The number of carbonyl (C=O) groups is 1. The second kappa shape index (κ2) is 7.93. The maximum Gasteiger partial charge on any atom is 0.234 e. The lowest BCUT2D eigenvalue weighted by atomic mass is 10.2. The van der Waals surface area contributed by atoms with Crippen LogP contribution in [0.5, 0.6) is 0 Å². The normalized spacial score (nSPS) is 28.1. The highest BCUT2D eigenvalue weighted by Gasteiger charge is 2.31. The number of carbonyl (C=O) groups excluding carboxylic acids is 1. The molecule has 2 heterocycles. The molecule has 0 saturated carbocycles. The minimum absolute atomic E-state index is 0.00408. The predicted molar refractivity (Wildman–Crippen MR) is 76.7 cm³/mol. The molecule has 116 valence electrons. The van der Waals surface area contributed by atoms with Crippen LogP contribution in [0.15, 0.2) is 0 Å². The summed E-state index contributed by atoms with van der Waals surface area (Å²) in [5, 5.41) is 6.06. The van der Waals surface area contributed by atoms with E-state index < -0.39 is 0 Å². The van der Waals surface area contributed by atoms with Crippen molar-refractivity contribution in [2.45, 2.75) is 38.0 Å². The average Bonchev–Trinajstić information content (AvgIpc) is 2.86. The van der Waals surface area contributed by atoms with Crippen molar-refractivity contribution in [3.8, 4) is 0 Å². The molecule has 3 atom stereocenters. The Morgan fingerprint density at radius 2 is 2.40 bits per heavy atom. The molecule has 0 aromatic rings. The first-order chi connectivity index (χ1) is 9.69. The summed E-state index contributed by atoms with van der Waals surface area (Å²) in [6, 6.07) is 0.676. The first-order valence-electron chi connectivity index (χ1n) is 7.53. The Kier molecular flexibility index (Phi) is 6.22. The van der Waals surface area contributed by atoms with Gasteiger partial charge in [0.15, 0.2) is 0 Å². The van der Waals surface area contributed by atoms with Gasteiger partial charge in [-0.15, -0.1) is 0 Å². The number of hydrogen-bond acceptors (Lipinski definition) is 5. The summed E-state index contributed by atoms with van der Waals surface area (Å²) in [5.74, 6) is 0.00408. The largest absolute Gasteiger partial charge is 0.383 e. The fourth-order valence-corrected chi connectivity index (χ4v) is 2.97. The highest BCUT2D eigenvalue weighted by Crippen LogP contribution is 2.22. The van der Waals surface area contributed by atoms with Gasteiger partial charge in [0.05, 0.1) is 25.9 Å². The molecule has 20 heavy (non-hydrogen) atoms. The van der Waals surface area contributed by atoms with Crippen molar-refractivity contribution >= 4 is 5.91 Å². The molecule has 2 saturated heterocycles. The van der Waals surface area contributed by atoms with Gasteiger partial charge in [0, 0.05) is 32.3 Å². The van der Waals surface area contributed by atoms with Crippen molar-refractivity contribution < 1.29 is 14.3 Å². The zero-order valence-corrected chi connectivity index (χ0v) is 12.6. The molecule has 2 N–H and O–H groups in total. The molecule has 0 aromatic heterocycles. The standard InChI is InChI=1S/C14H27N3O3/c1-11(9-19-2)16-14(18)7-15-6-13-8-17-5-3-4-12(17)10-20-13/h11-13,15H,3-10H2,1-2H3,(H,16,18). The first-order valence-corrected chi connectivity index (χ1v) is 7.53. The zero-order valence-electron chi connectivity index (χ0n) is 12.6. The van der Waals surface area contributed by atoms with Gasteiger partial charge in [0.2, 0.25) is 5.91 Å². The summed E-state index contributed by atoms with van der Waals surface area (Å²) in [6.07, 6.45) is 2.75. The van der Waals surface area contributed by atoms with Gasteiger partial charge in [-0.3, -0.25) is 9.69 Å². The minimum Gasteiger partial charge on any atom is -0.383 e. The van der Waals surface area contributed by atoms with Gasteiger partial charge in [-0.05, 0) is 26.3 Å². The number of hydrogen-bond donors (Lipinski definition) is 2. The van der Waals surface area contributed by atoms with Gasteiger partial charge in [0.25, 0.3) is 0 Å². The van der Waals surface area contributed by atoms with E-state index in [1.807, 2.05) is 6.92 Å². The molecule has 2 rings (SSSR count). The van der Waals surface area contributed by atoms with Gasteiger partial charge in [-0.25, -0.2) is 0 Å². The van der Waals surface area contributed by atoms with E-state index >= 15 is 0 Å². The summed E-state index contributed by atoms with van der Waals surface area (Å²) in [6.45, 7) is 6.54. The lowest BCUT2D eigenvalue weighted by molar-refractivity contribution is -0.121.